The third-order valence-corrected chi connectivity index (χ3v) is 1.87. The van der Waals surface area contributed by atoms with Crippen molar-refractivity contribution in [2.45, 2.75) is 26.3 Å². The van der Waals surface area contributed by atoms with Gasteiger partial charge in [-0.15, -0.1) is 5.92 Å². The SMILES string of the molecule is CC#CC(C)(C)N1CCOC1=O. The summed E-state index contributed by atoms with van der Waals surface area (Å²) in [6.45, 7) is 6.71. The van der Waals surface area contributed by atoms with Crippen molar-refractivity contribution >= 4 is 6.09 Å². The molecule has 0 spiro atoms. The molecular weight excluding hydrogens is 154 g/mol. The second-order valence-electron chi connectivity index (χ2n) is 3.20. The topological polar surface area (TPSA) is 29.5 Å². The number of ether oxygens (including phenoxy) is 1. The highest BCUT2D eigenvalue weighted by Gasteiger charge is 2.34. The summed E-state index contributed by atoms with van der Waals surface area (Å²) >= 11 is 0. The van der Waals surface area contributed by atoms with Gasteiger partial charge in [0.2, 0.25) is 0 Å². The summed E-state index contributed by atoms with van der Waals surface area (Å²) in [5.74, 6) is 5.78. The number of hydrogen-bond donors (Lipinski definition) is 0. The Labute approximate surface area is 72.7 Å². The molecule has 12 heavy (non-hydrogen) atoms. The molecule has 3 heteroatoms. The molecule has 1 heterocycles. The summed E-state index contributed by atoms with van der Waals surface area (Å²) in [6.07, 6.45) is -0.261. The average molecular weight is 167 g/mol. The van der Waals surface area contributed by atoms with E-state index in [0.29, 0.717) is 13.2 Å². The van der Waals surface area contributed by atoms with Gasteiger partial charge in [-0.05, 0) is 20.8 Å². The van der Waals surface area contributed by atoms with Gasteiger partial charge >= 0.3 is 6.09 Å². The minimum Gasteiger partial charge on any atom is -0.447 e. The molecule has 1 fully saturated rings. The molecule has 0 unspecified atom stereocenters. The van der Waals surface area contributed by atoms with Gasteiger partial charge in [0.05, 0.1) is 6.54 Å². The van der Waals surface area contributed by atoms with Crippen molar-refractivity contribution in [1.82, 2.24) is 4.90 Å². The molecule has 0 radical (unpaired) electrons. The summed E-state index contributed by atoms with van der Waals surface area (Å²) < 4.78 is 4.82. The second kappa shape index (κ2) is 3.06. The van der Waals surface area contributed by atoms with Crippen molar-refractivity contribution in [3.63, 3.8) is 0 Å². The molecule has 0 atom stereocenters. The summed E-state index contributed by atoms with van der Waals surface area (Å²) in [4.78, 5) is 12.8. The van der Waals surface area contributed by atoms with Crippen LogP contribution < -0.4 is 0 Å². The molecule has 0 N–H and O–H groups in total. The fourth-order valence-electron chi connectivity index (χ4n) is 1.27. The third-order valence-electron chi connectivity index (χ3n) is 1.87. The Bertz CT molecular complexity index is 247. The predicted molar refractivity (Wildman–Crippen MR) is 45.6 cm³/mol. The molecule has 1 saturated heterocycles. The molecular formula is C9H13NO2. The van der Waals surface area contributed by atoms with E-state index in [4.69, 9.17) is 4.74 Å². The molecule has 1 amide bonds. The van der Waals surface area contributed by atoms with E-state index in [-0.39, 0.29) is 6.09 Å². The van der Waals surface area contributed by atoms with Crippen LogP contribution in [0.5, 0.6) is 0 Å². The van der Waals surface area contributed by atoms with Gasteiger partial charge in [0.15, 0.2) is 0 Å². The first-order valence-corrected chi connectivity index (χ1v) is 3.96. The maximum Gasteiger partial charge on any atom is 0.411 e. The Morgan fingerprint density at radius 3 is 2.67 bits per heavy atom. The molecule has 0 aromatic rings. The summed E-state index contributed by atoms with van der Waals surface area (Å²) in [5, 5.41) is 0. The Morgan fingerprint density at radius 1 is 1.58 bits per heavy atom. The first-order chi connectivity index (χ1) is 5.58. The van der Waals surface area contributed by atoms with Crippen LogP contribution in [0.1, 0.15) is 20.8 Å². The third kappa shape index (κ3) is 1.53. The van der Waals surface area contributed by atoms with Crippen LogP contribution in [-0.2, 0) is 4.74 Å². The summed E-state index contributed by atoms with van der Waals surface area (Å²) in [7, 11) is 0. The number of hydrogen-bond acceptors (Lipinski definition) is 2. The smallest absolute Gasteiger partial charge is 0.411 e. The lowest BCUT2D eigenvalue weighted by atomic mass is 10.0. The van der Waals surface area contributed by atoms with Crippen molar-refractivity contribution in [3.8, 4) is 11.8 Å². The van der Waals surface area contributed by atoms with Gasteiger partial charge in [-0.25, -0.2) is 4.79 Å². The molecule has 0 aromatic heterocycles. The quantitative estimate of drug-likeness (QED) is 0.550. The van der Waals surface area contributed by atoms with Crippen LogP contribution in [0.15, 0.2) is 0 Å². The number of cyclic esters (lactones) is 1. The first-order valence-electron chi connectivity index (χ1n) is 3.96. The molecule has 0 bridgehead atoms. The average Bonchev–Trinajstić information content (AvgIpc) is 2.35. The Morgan fingerprint density at radius 2 is 2.25 bits per heavy atom. The number of amides is 1. The first kappa shape index (κ1) is 8.92. The van der Waals surface area contributed by atoms with E-state index in [1.54, 1.807) is 11.8 Å². The monoisotopic (exact) mass is 167 g/mol. The lowest BCUT2D eigenvalue weighted by molar-refractivity contribution is 0.142. The van der Waals surface area contributed by atoms with Crippen LogP contribution in [0.25, 0.3) is 0 Å². The highest BCUT2D eigenvalue weighted by atomic mass is 16.6. The van der Waals surface area contributed by atoms with Gasteiger partial charge in [0.1, 0.15) is 12.1 Å². The van der Waals surface area contributed by atoms with E-state index in [1.807, 2.05) is 13.8 Å². The van der Waals surface area contributed by atoms with Crippen LogP contribution in [0.2, 0.25) is 0 Å². The van der Waals surface area contributed by atoms with Crippen LogP contribution in [0.3, 0.4) is 0 Å². The van der Waals surface area contributed by atoms with Gasteiger partial charge in [-0.3, -0.25) is 4.90 Å². The zero-order valence-corrected chi connectivity index (χ0v) is 7.68. The van der Waals surface area contributed by atoms with E-state index in [1.165, 1.54) is 0 Å². The normalized spacial score (nSPS) is 16.9. The highest BCUT2D eigenvalue weighted by Crippen LogP contribution is 2.17. The molecule has 1 rings (SSSR count). The van der Waals surface area contributed by atoms with Crippen LogP contribution in [0.4, 0.5) is 4.79 Å². The molecule has 0 saturated carbocycles. The molecule has 1 aliphatic heterocycles. The van der Waals surface area contributed by atoms with E-state index >= 15 is 0 Å². The Kier molecular flexibility index (Phi) is 2.27. The zero-order valence-electron chi connectivity index (χ0n) is 7.68. The minimum atomic E-state index is -0.400. The van der Waals surface area contributed by atoms with E-state index < -0.39 is 5.54 Å². The summed E-state index contributed by atoms with van der Waals surface area (Å²) in [5.41, 5.74) is -0.400. The maximum absolute atomic E-state index is 11.1. The van der Waals surface area contributed by atoms with Crippen molar-refractivity contribution in [3.05, 3.63) is 0 Å². The number of rotatable bonds is 1. The number of carbonyl (C=O) groups excluding carboxylic acids is 1. The van der Waals surface area contributed by atoms with Crippen LogP contribution in [0, 0.1) is 11.8 Å². The highest BCUT2D eigenvalue weighted by molar-refractivity contribution is 5.71. The molecule has 66 valence electrons. The van der Waals surface area contributed by atoms with Crippen molar-refractivity contribution in [2.24, 2.45) is 0 Å². The van der Waals surface area contributed by atoms with Gasteiger partial charge in [-0.2, -0.15) is 0 Å². The number of carbonyl (C=O) groups is 1. The standard InChI is InChI=1S/C9H13NO2/c1-4-5-9(2,3)10-6-7-12-8(10)11/h6-7H2,1-3H3. The molecule has 3 nitrogen and oxygen atoms in total. The lowest BCUT2D eigenvalue weighted by Gasteiger charge is -2.27. The van der Waals surface area contributed by atoms with Crippen molar-refractivity contribution in [2.75, 3.05) is 13.2 Å². The van der Waals surface area contributed by atoms with E-state index in [9.17, 15) is 4.79 Å². The van der Waals surface area contributed by atoms with Gasteiger partial charge < -0.3 is 4.74 Å². The van der Waals surface area contributed by atoms with Crippen molar-refractivity contribution in [1.29, 1.82) is 0 Å². The predicted octanol–water partition coefficient (Wildman–Crippen LogP) is 1.24. The second-order valence-corrected chi connectivity index (χ2v) is 3.20. The fraction of sp³-hybridized carbons (Fsp3) is 0.667. The minimum absolute atomic E-state index is 0.261. The Balaban J connectivity index is 2.78. The molecule has 1 aliphatic rings. The largest absolute Gasteiger partial charge is 0.447 e. The summed E-state index contributed by atoms with van der Waals surface area (Å²) in [6, 6.07) is 0. The molecule has 0 aromatic carbocycles. The van der Waals surface area contributed by atoms with Crippen LogP contribution >= 0.6 is 0 Å². The molecule has 0 aliphatic carbocycles. The van der Waals surface area contributed by atoms with Gasteiger partial charge in [0.25, 0.3) is 0 Å². The van der Waals surface area contributed by atoms with Crippen molar-refractivity contribution < 1.29 is 9.53 Å². The van der Waals surface area contributed by atoms with Gasteiger partial charge in [0, 0.05) is 0 Å². The maximum atomic E-state index is 11.1. The zero-order chi connectivity index (χ0) is 9.19. The van der Waals surface area contributed by atoms with E-state index in [2.05, 4.69) is 11.8 Å². The van der Waals surface area contributed by atoms with Crippen LogP contribution in [-0.4, -0.2) is 29.7 Å². The number of nitrogens with zero attached hydrogens (tertiary/aromatic N) is 1. The lowest BCUT2D eigenvalue weighted by Crippen LogP contribution is -2.43. The fourth-order valence-corrected chi connectivity index (χ4v) is 1.27. The van der Waals surface area contributed by atoms with Gasteiger partial charge in [-0.1, -0.05) is 5.92 Å². The van der Waals surface area contributed by atoms with E-state index in [0.717, 1.165) is 0 Å². The Hall–Kier alpha value is -1.17.